The van der Waals surface area contributed by atoms with Crippen LogP contribution in [-0.2, 0) is 14.4 Å². The van der Waals surface area contributed by atoms with Crippen LogP contribution in [0.2, 0.25) is 0 Å². The molecule has 1 atom stereocenters. The Morgan fingerprint density at radius 1 is 0.882 bits per heavy atom. The molecule has 1 saturated heterocycles. The van der Waals surface area contributed by atoms with Gasteiger partial charge in [-0.05, 0) is 69.5 Å². The van der Waals surface area contributed by atoms with Gasteiger partial charge in [0.2, 0.25) is 0 Å². The summed E-state index contributed by atoms with van der Waals surface area (Å²) in [7, 11) is -2.02. The van der Waals surface area contributed by atoms with Crippen molar-refractivity contribution in [1.29, 1.82) is 0 Å². The van der Waals surface area contributed by atoms with E-state index in [0.717, 1.165) is 36.3 Å². The highest BCUT2D eigenvalue weighted by atomic mass is 32.2. The van der Waals surface area contributed by atoms with Crippen molar-refractivity contribution in [2.24, 2.45) is 11.8 Å². The van der Waals surface area contributed by atoms with E-state index in [4.69, 9.17) is 4.28 Å². The van der Waals surface area contributed by atoms with Crippen LogP contribution in [0.4, 0.5) is 0 Å². The monoisotopic (exact) mass is 492 g/mol. The molecule has 0 bridgehead atoms. The Morgan fingerprint density at radius 2 is 1.53 bits per heavy atom. The fourth-order valence-electron chi connectivity index (χ4n) is 5.85. The lowest BCUT2D eigenvalue weighted by atomic mass is 9.83. The highest BCUT2D eigenvalue weighted by molar-refractivity contribution is 7.86. The summed E-state index contributed by atoms with van der Waals surface area (Å²) in [6, 6.07) is 7.62. The Kier molecular flexibility index (Phi) is 11.8. The quantitative estimate of drug-likeness (QED) is 0.310. The maximum absolute atomic E-state index is 12.2. The maximum atomic E-state index is 12.2. The van der Waals surface area contributed by atoms with Crippen molar-refractivity contribution < 1.29 is 12.7 Å². The Hall–Kier alpha value is -0.950. The number of nitrogens with one attached hydrogen (secondary N) is 1. The van der Waals surface area contributed by atoms with Crippen LogP contribution in [0.3, 0.4) is 0 Å². The summed E-state index contributed by atoms with van der Waals surface area (Å²) in [5.41, 5.74) is 1.03. The average Bonchev–Trinajstić information content (AvgIpc) is 3.39. The zero-order chi connectivity index (χ0) is 24.2. The van der Waals surface area contributed by atoms with Gasteiger partial charge < -0.3 is 5.32 Å². The number of rotatable bonds is 9. The van der Waals surface area contributed by atoms with E-state index in [1.165, 1.54) is 95.1 Å². The molecule has 0 spiro atoms. The van der Waals surface area contributed by atoms with Gasteiger partial charge in [-0.15, -0.1) is 0 Å². The normalized spacial score (nSPS) is 22.5. The van der Waals surface area contributed by atoms with Crippen molar-refractivity contribution >= 4 is 10.1 Å². The van der Waals surface area contributed by atoms with E-state index >= 15 is 0 Å². The van der Waals surface area contributed by atoms with Crippen molar-refractivity contribution in [2.45, 2.75) is 114 Å². The van der Waals surface area contributed by atoms with E-state index < -0.39 is 10.1 Å². The first-order valence-electron chi connectivity index (χ1n) is 13.9. The lowest BCUT2D eigenvalue weighted by Gasteiger charge is -2.27. The zero-order valence-corrected chi connectivity index (χ0v) is 22.5. The molecule has 3 aliphatic rings. The molecule has 194 valence electrons. The number of nitrogens with zero attached hydrogens (tertiary/aromatic N) is 1. The van der Waals surface area contributed by atoms with Crippen molar-refractivity contribution in [3.8, 4) is 0 Å². The summed E-state index contributed by atoms with van der Waals surface area (Å²) in [4.78, 5) is 0.206. The predicted molar refractivity (Wildman–Crippen MR) is 140 cm³/mol. The predicted octanol–water partition coefficient (Wildman–Crippen LogP) is 6.62. The second-order valence-corrected chi connectivity index (χ2v) is 12.3. The molecule has 2 aliphatic carbocycles. The van der Waals surface area contributed by atoms with E-state index in [-0.39, 0.29) is 4.90 Å². The van der Waals surface area contributed by atoms with Crippen molar-refractivity contribution in [2.75, 3.05) is 20.1 Å². The van der Waals surface area contributed by atoms with Crippen LogP contribution in [0.1, 0.15) is 102 Å². The molecule has 3 fully saturated rings. The molecule has 0 aromatic heterocycles. The second-order valence-electron chi connectivity index (χ2n) is 10.8. The second kappa shape index (κ2) is 14.6. The minimum Gasteiger partial charge on any atom is -0.314 e. The number of aryl methyl sites for hydroxylation is 1. The van der Waals surface area contributed by atoms with Gasteiger partial charge in [-0.3, -0.25) is 0 Å². The average molecular weight is 493 g/mol. The third-order valence-corrected chi connectivity index (χ3v) is 9.21. The molecule has 34 heavy (non-hydrogen) atoms. The first-order valence-corrected chi connectivity index (χ1v) is 15.3. The van der Waals surface area contributed by atoms with Crippen LogP contribution in [0, 0.1) is 18.8 Å². The van der Waals surface area contributed by atoms with Gasteiger partial charge in [-0.25, -0.2) is 0 Å². The molecule has 1 aliphatic heterocycles. The summed E-state index contributed by atoms with van der Waals surface area (Å²) >= 11 is 0. The van der Waals surface area contributed by atoms with E-state index in [1.807, 2.05) is 6.92 Å². The molecule has 1 aromatic carbocycles. The molecule has 5 nitrogen and oxygen atoms in total. The molecule has 0 amide bonds. The molecule has 1 heterocycles. The van der Waals surface area contributed by atoms with Crippen molar-refractivity contribution in [3.63, 3.8) is 0 Å². The number of hydrogen-bond donors (Lipinski definition) is 1. The topological polar surface area (TPSA) is 58.6 Å². The first-order chi connectivity index (χ1) is 16.4. The SMILES string of the molecule is C1CCC(C2CCCN2)CC1.Cc1ccc(S(=O)(=O)ON(C)CCCCC2CCCCC2)cc1. The summed E-state index contributed by atoms with van der Waals surface area (Å²) < 4.78 is 29.5. The third kappa shape index (κ3) is 9.60. The fraction of sp³-hybridized carbons (Fsp3) is 0.786. The van der Waals surface area contributed by atoms with E-state index in [0.29, 0.717) is 6.54 Å². The largest absolute Gasteiger partial charge is 0.314 e. The van der Waals surface area contributed by atoms with E-state index in [9.17, 15) is 8.42 Å². The maximum Gasteiger partial charge on any atom is 0.313 e. The Morgan fingerprint density at radius 3 is 2.15 bits per heavy atom. The Balaban J connectivity index is 0.000000243. The number of benzene rings is 1. The Bertz CT molecular complexity index is 778. The molecular formula is C28H48N2O3S. The van der Waals surface area contributed by atoms with Gasteiger partial charge in [-0.2, -0.15) is 17.8 Å². The highest BCUT2D eigenvalue weighted by Crippen LogP contribution is 2.30. The van der Waals surface area contributed by atoms with Gasteiger partial charge in [0, 0.05) is 19.6 Å². The van der Waals surface area contributed by atoms with Gasteiger partial charge in [0.1, 0.15) is 0 Å². The van der Waals surface area contributed by atoms with Gasteiger partial charge in [-0.1, -0.05) is 81.9 Å². The van der Waals surface area contributed by atoms with Crippen molar-refractivity contribution in [3.05, 3.63) is 29.8 Å². The lowest BCUT2D eigenvalue weighted by Crippen LogP contribution is -2.31. The smallest absolute Gasteiger partial charge is 0.313 e. The van der Waals surface area contributed by atoms with Gasteiger partial charge in [0.05, 0.1) is 4.90 Å². The first kappa shape index (κ1) is 27.6. The molecule has 6 heteroatoms. The Labute approximate surface area is 209 Å². The molecule has 0 radical (unpaired) electrons. The summed E-state index contributed by atoms with van der Waals surface area (Å²) in [6.45, 7) is 3.84. The van der Waals surface area contributed by atoms with E-state index in [2.05, 4.69) is 5.32 Å². The van der Waals surface area contributed by atoms with Crippen LogP contribution in [0.15, 0.2) is 29.2 Å². The fourth-order valence-corrected chi connectivity index (χ4v) is 6.81. The minimum absolute atomic E-state index is 0.206. The van der Waals surface area contributed by atoms with E-state index in [1.54, 1.807) is 31.3 Å². The molecular weight excluding hydrogens is 444 g/mol. The molecule has 1 aromatic rings. The standard InChI is InChI=1S/C18H29NO3S.C10H19N/c1-16-11-13-18(14-12-16)23(20,21)22-19(2)15-7-6-10-17-8-4-3-5-9-17;1-2-5-9(6-3-1)10-7-4-8-11-10/h11-14,17H,3-10,15H2,1-2H3;9-11H,1-8H2. The molecule has 1 N–H and O–H groups in total. The minimum atomic E-state index is -3.71. The van der Waals surface area contributed by atoms with Gasteiger partial charge in [0.15, 0.2) is 0 Å². The van der Waals surface area contributed by atoms with Crippen LogP contribution >= 0.6 is 0 Å². The highest BCUT2D eigenvalue weighted by Gasteiger charge is 2.25. The summed E-state index contributed by atoms with van der Waals surface area (Å²) in [5.74, 6) is 1.91. The van der Waals surface area contributed by atoms with Crippen LogP contribution < -0.4 is 5.32 Å². The van der Waals surface area contributed by atoms with Gasteiger partial charge >= 0.3 is 10.1 Å². The van der Waals surface area contributed by atoms with Crippen LogP contribution in [0.25, 0.3) is 0 Å². The van der Waals surface area contributed by atoms with Gasteiger partial charge in [0.25, 0.3) is 0 Å². The number of hydrogen-bond acceptors (Lipinski definition) is 5. The number of hydroxylamine groups is 2. The number of unbranched alkanes of at least 4 members (excludes halogenated alkanes) is 1. The molecule has 2 saturated carbocycles. The third-order valence-electron chi connectivity index (χ3n) is 7.91. The zero-order valence-electron chi connectivity index (χ0n) is 21.6. The summed E-state index contributed by atoms with van der Waals surface area (Å²) in [6.07, 6.45) is 20.6. The lowest BCUT2D eigenvalue weighted by molar-refractivity contribution is -0.0254. The van der Waals surface area contributed by atoms with Crippen molar-refractivity contribution in [1.82, 2.24) is 10.4 Å². The van der Waals surface area contributed by atoms with Crippen LogP contribution in [0.5, 0.6) is 0 Å². The molecule has 1 unspecified atom stereocenters. The molecule has 4 rings (SSSR count). The summed E-state index contributed by atoms with van der Waals surface area (Å²) in [5, 5.41) is 5.07. The van der Waals surface area contributed by atoms with Crippen LogP contribution in [-0.4, -0.2) is 39.7 Å².